The summed E-state index contributed by atoms with van der Waals surface area (Å²) in [5.41, 5.74) is 3.27. The largest absolute Gasteiger partial charge is 0.482 e. The summed E-state index contributed by atoms with van der Waals surface area (Å²) in [6.45, 7) is 1.65. The Morgan fingerprint density at radius 2 is 2.07 bits per heavy atom. The number of nitrogens with one attached hydrogen (secondary N) is 1. The number of pyridine rings is 1. The summed E-state index contributed by atoms with van der Waals surface area (Å²) >= 11 is 0. The molecule has 2 N–H and O–H groups in total. The molecule has 1 aliphatic heterocycles. The second-order valence-corrected chi connectivity index (χ2v) is 6.87. The van der Waals surface area contributed by atoms with Crippen LogP contribution in [0.25, 0.3) is 11.4 Å². The van der Waals surface area contributed by atoms with Crippen LogP contribution < -0.4 is 10.3 Å². The first kappa shape index (κ1) is 18.8. The number of aliphatic carboxylic acids is 1. The minimum Gasteiger partial charge on any atom is -0.482 e. The summed E-state index contributed by atoms with van der Waals surface area (Å²) in [5, 5.41) is 8.66. The van der Waals surface area contributed by atoms with E-state index in [1.165, 1.54) is 0 Å². The van der Waals surface area contributed by atoms with Gasteiger partial charge in [-0.3, -0.25) is 14.7 Å². The number of carbonyl (C=O) groups is 1. The van der Waals surface area contributed by atoms with Crippen LogP contribution in [0.15, 0.2) is 53.6 Å². The quantitative estimate of drug-likeness (QED) is 0.659. The van der Waals surface area contributed by atoms with Crippen molar-refractivity contribution in [3.8, 4) is 17.1 Å². The predicted molar refractivity (Wildman–Crippen MR) is 105 cm³/mol. The van der Waals surface area contributed by atoms with Crippen molar-refractivity contribution >= 4 is 5.97 Å². The number of H-pyrrole nitrogens is 1. The Labute approximate surface area is 166 Å². The summed E-state index contributed by atoms with van der Waals surface area (Å²) < 4.78 is 5.15. The predicted octanol–water partition coefficient (Wildman–Crippen LogP) is 1.85. The number of ether oxygens (including phenoxy) is 1. The zero-order valence-electron chi connectivity index (χ0n) is 15.7. The fourth-order valence-corrected chi connectivity index (χ4v) is 3.35. The number of aromatic nitrogens is 3. The van der Waals surface area contributed by atoms with Gasteiger partial charge in [0.25, 0.3) is 5.56 Å². The van der Waals surface area contributed by atoms with E-state index in [2.05, 4.69) is 19.9 Å². The molecule has 0 atom stereocenters. The highest BCUT2D eigenvalue weighted by Gasteiger charge is 2.21. The van der Waals surface area contributed by atoms with Crippen molar-refractivity contribution in [3.63, 3.8) is 0 Å². The van der Waals surface area contributed by atoms with Gasteiger partial charge < -0.3 is 14.8 Å². The Morgan fingerprint density at radius 1 is 1.24 bits per heavy atom. The molecule has 3 aromatic rings. The molecule has 0 amide bonds. The smallest absolute Gasteiger partial charge is 0.341 e. The molecule has 0 saturated carbocycles. The zero-order chi connectivity index (χ0) is 20.2. The zero-order valence-corrected chi connectivity index (χ0v) is 15.7. The molecule has 0 spiro atoms. The average Bonchev–Trinajstić information content (AvgIpc) is 2.74. The second-order valence-electron chi connectivity index (χ2n) is 6.87. The van der Waals surface area contributed by atoms with Crippen molar-refractivity contribution in [1.82, 2.24) is 19.9 Å². The molecule has 0 saturated heterocycles. The SMILES string of the molecule is O=C(O)COc1ccc(CN2CCc3nc(-c4cccnc4)[nH]c(=O)c3C2)cc1. The molecule has 2 aromatic heterocycles. The maximum absolute atomic E-state index is 12.6. The molecule has 0 radical (unpaired) electrons. The lowest BCUT2D eigenvalue weighted by Crippen LogP contribution is -2.35. The van der Waals surface area contributed by atoms with Gasteiger partial charge in [-0.25, -0.2) is 9.78 Å². The standard InChI is InChI=1S/C21H20N4O4/c26-19(27)13-29-16-5-3-14(4-6-16)11-25-9-7-18-17(12-25)21(28)24-20(23-18)15-2-1-8-22-10-15/h1-6,8,10H,7,9,11-13H2,(H,26,27)(H,23,24,28). The number of hydrogen-bond donors (Lipinski definition) is 2. The maximum atomic E-state index is 12.6. The third-order valence-electron chi connectivity index (χ3n) is 4.77. The molecule has 0 aliphatic carbocycles. The number of carboxylic acid groups (broad SMARTS) is 1. The molecule has 8 heteroatoms. The van der Waals surface area contributed by atoms with Gasteiger partial charge in [-0.2, -0.15) is 0 Å². The lowest BCUT2D eigenvalue weighted by molar-refractivity contribution is -0.139. The van der Waals surface area contributed by atoms with Crippen LogP contribution in [0.3, 0.4) is 0 Å². The molecule has 4 rings (SSSR count). The number of hydrogen-bond acceptors (Lipinski definition) is 6. The average molecular weight is 392 g/mol. The van der Waals surface area contributed by atoms with Gasteiger partial charge in [-0.15, -0.1) is 0 Å². The van der Waals surface area contributed by atoms with Gasteiger partial charge in [0.15, 0.2) is 6.61 Å². The molecule has 29 heavy (non-hydrogen) atoms. The number of benzene rings is 1. The van der Waals surface area contributed by atoms with E-state index < -0.39 is 5.97 Å². The first-order chi connectivity index (χ1) is 14.1. The van der Waals surface area contributed by atoms with Crippen molar-refractivity contribution in [3.05, 3.63) is 76.0 Å². The monoisotopic (exact) mass is 392 g/mol. The van der Waals surface area contributed by atoms with E-state index in [4.69, 9.17) is 9.84 Å². The van der Waals surface area contributed by atoms with Crippen molar-refractivity contribution in [2.45, 2.75) is 19.5 Å². The van der Waals surface area contributed by atoms with Gasteiger partial charge in [0.1, 0.15) is 11.6 Å². The highest BCUT2D eigenvalue weighted by atomic mass is 16.5. The highest BCUT2D eigenvalue weighted by Crippen LogP contribution is 2.20. The van der Waals surface area contributed by atoms with Gasteiger partial charge >= 0.3 is 5.97 Å². The summed E-state index contributed by atoms with van der Waals surface area (Å²) in [4.78, 5) is 37.0. The first-order valence-corrected chi connectivity index (χ1v) is 9.27. The molecule has 1 aliphatic rings. The number of carboxylic acids is 1. The summed E-state index contributed by atoms with van der Waals surface area (Å²) in [5.74, 6) is 0.0579. The highest BCUT2D eigenvalue weighted by molar-refractivity contribution is 5.68. The molecule has 8 nitrogen and oxygen atoms in total. The summed E-state index contributed by atoms with van der Waals surface area (Å²) in [6.07, 6.45) is 4.07. The third-order valence-corrected chi connectivity index (χ3v) is 4.77. The van der Waals surface area contributed by atoms with E-state index in [0.717, 1.165) is 23.4 Å². The fraction of sp³-hybridized carbons (Fsp3) is 0.238. The minimum atomic E-state index is -1.01. The lowest BCUT2D eigenvalue weighted by Gasteiger charge is -2.27. The van der Waals surface area contributed by atoms with Crippen LogP contribution in [0.2, 0.25) is 0 Å². The molecule has 0 unspecified atom stereocenters. The van der Waals surface area contributed by atoms with E-state index >= 15 is 0 Å². The Hall–Kier alpha value is -3.52. The van der Waals surface area contributed by atoms with Gasteiger partial charge in [-0.1, -0.05) is 12.1 Å². The van der Waals surface area contributed by atoms with Gasteiger partial charge in [0, 0.05) is 44.0 Å². The van der Waals surface area contributed by atoms with Crippen LogP contribution in [0.5, 0.6) is 5.75 Å². The van der Waals surface area contributed by atoms with Crippen LogP contribution in [0, 0.1) is 0 Å². The number of rotatable bonds is 6. The second kappa shape index (κ2) is 8.24. The minimum absolute atomic E-state index is 0.115. The molecule has 148 valence electrons. The van der Waals surface area contributed by atoms with E-state index in [1.54, 1.807) is 24.5 Å². The number of nitrogens with zero attached hydrogens (tertiary/aromatic N) is 3. The summed E-state index contributed by atoms with van der Waals surface area (Å²) in [7, 11) is 0. The Bertz CT molecular complexity index is 1060. The number of fused-ring (bicyclic) bond motifs is 1. The normalized spacial score (nSPS) is 13.7. The summed E-state index contributed by atoms with van der Waals surface area (Å²) in [6, 6.07) is 11.0. The Balaban J connectivity index is 1.45. The van der Waals surface area contributed by atoms with Crippen molar-refractivity contribution < 1.29 is 14.6 Å². The topological polar surface area (TPSA) is 108 Å². The fourth-order valence-electron chi connectivity index (χ4n) is 3.35. The lowest BCUT2D eigenvalue weighted by atomic mass is 10.1. The molecular weight excluding hydrogens is 372 g/mol. The van der Waals surface area contributed by atoms with E-state index in [9.17, 15) is 9.59 Å². The van der Waals surface area contributed by atoms with Gasteiger partial charge in [0.05, 0.1) is 11.3 Å². The van der Waals surface area contributed by atoms with Crippen molar-refractivity contribution in [1.29, 1.82) is 0 Å². The van der Waals surface area contributed by atoms with Crippen LogP contribution >= 0.6 is 0 Å². The third kappa shape index (κ3) is 4.49. The van der Waals surface area contributed by atoms with Crippen LogP contribution in [-0.4, -0.2) is 44.1 Å². The van der Waals surface area contributed by atoms with E-state index in [-0.39, 0.29) is 12.2 Å². The molecular formula is C21H20N4O4. The number of aromatic amines is 1. The van der Waals surface area contributed by atoms with Crippen LogP contribution in [0.4, 0.5) is 0 Å². The Morgan fingerprint density at radius 3 is 2.79 bits per heavy atom. The molecule has 0 fully saturated rings. The van der Waals surface area contributed by atoms with Crippen molar-refractivity contribution in [2.24, 2.45) is 0 Å². The van der Waals surface area contributed by atoms with Crippen LogP contribution in [0.1, 0.15) is 16.8 Å². The van der Waals surface area contributed by atoms with Crippen molar-refractivity contribution in [2.75, 3.05) is 13.2 Å². The molecule has 0 bridgehead atoms. The van der Waals surface area contributed by atoms with Gasteiger partial charge in [-0.05, 0) is 29.8 Å². The van der Waals surface area contributed by atoms with E-state index in [1.807, 2.05) is 24.3 Å². The molecule has 1 aromatic carbocycles. The maximum Gasteiger partial charge on any atom is 0.341 e. The van der Waals surface area contributed by atoms with Crippen LogP contribution in [-0.2, 0) is 24.3 Å². The van der Waals surface area contributed by atoms with E-state index in [0.29, 0.717) is 36.6 Å². The van der Waals surface area contributed by atoms with Gasteiger partial charge in [0.2, 0.25) is 0 Å². The Kier molecular flexibility index (Phi) is 5.35. The molecule has 3 heterocycles. The first-order valence-electron chi connectivity index (χ1n) is 9.27.